The number of anilines is 1. The summed E-state index contributed by atoms with van der Waals surface area (Å²) in [5.74, 6) is -0.783. The van der Waals surface area contributed by atoms with Crippen LogP contribution in [0.25, 0.3) is 11.3 Å². The molecule has 30 heavy (non-hydrogen) atoms. The lowest BCUT2D eigenvalue weighted by molar-refractivity contribution is 0.0526. The van der Waals surface area contributed by atoms with Gasteiger partial charge in [0.1, 0.15) is 5.69 Å². The molecule has 1 aromatic heterocycles. The summed E-state index contributed by atoms with van der Waals surface area (Å²) in [6.45, 7) is 2.39. The van der Waals surface area contributed by atoms with Gasteiger partial charge in [-0.15, -0.1) is 0 Å². The van der Waals surface area contributed by atoms with E-state index in [1.807, 2.05) is 6.07 Å². The van der Waals surface area contributed by atoms with Crippen LogP contribution >= 0.6 is 11.6 Å². The quantitative estimate of drug-likeness (QED) is 0.563. The van der Waals surface area contributed by atoms with Crippen LogP contribution in [-0.4, -0.2) is 28.3 Å². The van der Waals surface area contributed by atoms with Gasteiger partial charge in [0, 0.05) is 22.5 Å². The Bertz CT molecular complexity index is 1100. The Morgan fingerprint density at radius 1 is 1.23 bits per heavy atom. The van der Waals surface area contributed by atoms with Crippen molar-refractivity contribution in [2.24, 2.45) is 0 Å². The average Bonchev–Trinajstić information content (AvgIpc) is 3.17. The molecule has 8 heteroatoms. The predicted octanol–water partition coefficient (Wildman–Crippen LogP) is 4.55. The van der Waals surface area contributed by atoms with Crippen LogP contribution in [0, 0.1) is 11.3 Å². The SMILES string of the molecule is CCOC(=O)c1ccc(NC(=O)c2cn(CCC#N)nc2-c2cccc(Cl)c2)cc1. The number of carbonyl (C=O) groups is 2. The highest BCUT2D eigenvalue weighted by Crippen LogP contribution is 2.26. The number of rotatable bonds is 7. The van der Waals surface area contributed by atoms with Crippen molar-refractivity contribution < 1.29 is 14.3 Å². The van der Waals surface area contributed by atoms with Crippen molar-refractivity contribution in [3.05, 3.63) is 70.9 Å². The number of hydrogen-bond donors (Lipinski definition) is 1. The van der Waals surface area contributed by atoms with Crippen LogP contribution in [0.15, 0.2) is 54.7 Å². The molecule has 152 valence electrons. The number of esters is 1. The number of benzene rings is 2. The number of carbonyl (C=O) groups excluding carboxylic acids is 2. The highest BCUT2D eigenvalue weighted by Gasteiger charge is 2.19. The maximum Gasteiger partial charge on any atom is 0.338 e. The van der Waals surface area contributed by atoms with E-state index in [0.717, 1.165) is 0 Å². The number of nitrogens with one attached hydrogen (secondary N) is 1. The van der Waals surface area contributed by atoms with E-state index in [0.29, 0.717) is 46.2 Å². The molecule has 0 unspecified atom stereocenters. The third-order valence-electron chi connectivity index (χ3n) is 4.21. The van der Waals surface area contributed by atoms with E-state index >= 15 is 0 Å². The molecule has 0 aliphatic rings. The Labute approximate surface area is 178 Å². The monoisotopic (exact) mass is 422 g/mol. The average molecular weight is 423 g/mol. The molecule has 3 rings (SSSR count). The van der Waals surface area contributed by atoms with E-state index in [2.05, 4.69) is 16.5 Å². The highest BCUT2D eigenvalue weighted by atomic mass is 35.5. The molecule has 0 atom stereocenters. The number of nitriles is 1. The van der Waals surface area contributed by atoms with Crippen molar-refractivity contribution in [3.8, 4) is 17.3 Å². The molecule has 0 radical (unpaired) electrons. The predicted molar refractivity (Wildman–Crippen MR) is 113 cm³/mol. The maximum absolute atomic E-state index is 12.9. The van der Waals surface area contributed by atoms with Crippen molar-refractivity contribution in [1.82, 2.24) is 9.78 Å². The fraction of sp³-hybridized carbons (Fsp3) is 0.182. The third kappa shape index (κ3) is 5.04. The van der Waals surface area contributed by atoms with Crippen LogP contribution in [0.4, 0.5) is 5.69 Å². The minimum atomic E-state index is -0.419. The van der Waals surface area contributed by atoms with Crippen LogP contribution in [0.3, 0.4) is 0 Å². The summed E-state index contributed by atoms with van der Waals surface area (Å²) in [4.78, 5) is 24.7. The number of halogens is 1. The van der Waals surface area contributed by atoms with Crippen LogP contribution in [-0.2, 0) is 11.3 Å². The van der Waals surface area contributed by atoms with E-state index in [4.69, 9.17) is 21.6 Å². The molecular formula is C22H19ClN4O3. The number of hydrogen-bond acceptors (Lipinski definition) is 5. The molecule has 0 spiro atoms. The Hall–Kier alpha value is -3.63. The Morgan fingerprint density at radius 3 is 2.67 bits per heavy atom. The lowest BCUT2D eigenvalue weighted by atomic mass is 10.1. The summed E-state index contributed by atoms with van der Waals surface area (Å²) in [6.07, 6.45) is 1.88. The Morgan fingerprint density at radius 2 is 2.00 bits per heavy atom. The Balaban J connectivity index is 1.86. The first-order chi connectivity index (χ1) is 14.5. The smallest absolute Gasteiger partial charge is 0.338 e. The van der Waals surface area contributed by atoms with Crippen molar-refractivity contribution >= 4 is 29.2 Å². The molecule has 1 amide bonds. The van der Waals surface area contributed by atoms with Gasteiger partial charge in [0.05, 0.1) is 36.8 Å². The molecule has 0 saturated heterocycles. The normalized spacial score (nSPS) is 10.3. The van der Waals surface area contributed by atoms with E-state index in [1.54, 1.807) is 60.3 Å². The lowest BCUT2D eigenvalue weighted by Gasteiger charge is -2.07. The number of nitrogens with zero attached hydrogens (tertiary/aromatic N) is 3. The van der Waals surface area contributed by atoms with Gasteiger partial charge in [0.15, 0.2) is 0 Å². The summed E-state index contributed by atoms with van der Waals surface area (Å²) in [5.41, 5.74) is 2.44. The van der Waals surface area contributed by atoms with Crippen LogP contribution < -0.4 is 5.32 Å². The standard InChI is InChI=1S/C22H19ClN4O3/c1-2-30-22(29)15-7-9-18(10-8-15)25-21(28)19-14-27(12-4-11-24)26-20(19)16-5-3-6-17(23)13-16/h3,5-10,13-14H,2,4,12H2,1H3,(H,25,28). The molecule has 7 nitrogen and oxygen atoms in total. The van der Waals surface area contributed by atoms with Gasteiger partial charge in [-0.25, -0.2) is 4.79 Å². The van der Waals surface area contributed by atoms with Gasteiger partial charge < -0.3 is 10.1 Å². The maximum atomic E-state index is 12.9. The summed E-state index contributed by atoms with van der Waals surface area (Å²) < 4.78 is 6.52. The number of ether oxygens (including phenoxy) is 1. The molecule has 0 aliphatic carbocycles. The number of amides is 1. The first-order valence-electron chi connectivity index (χ1n) is 9.30. The van der Waals surface area contributed by atoms with Gasteiger partial charge in [0.25, 0.3) is 5.91 Å². The van der Waals surface area contributed by atoms with Crippen LogP contribution in [0.2, 0.25) is 5.02 Å². The van der Waals surface area contributed by atoms with E-state index in [1.165, 1.54) is 0 Å². The zero-order chi connectivity index (χ0) is 21.5. The van der Waals surface area contributed by atoms with E-state index in [-0.39, 0.29) is 12.3 Å². The third-order valence-corrected chi connectivity index (χ3v) is 4.45. The topological polar surface area (TPSA) is 97.0 Å². The molecular weight excluding hydrogens is 404 g/mol. The molecule has 2 aromatic carbocycles. The first-order valence-corrected chi connectivity index (χ1v) is 9.68. The first kappa shape index (κ1) is 21.1. The fourth-order valence-electron chi connectivity index (χ4n) is 2.82. The summed E-state index contributed by atoms with van der Waals surface area (Å²) in [6, 6.07) is 15.5. The van der Waals surface area contributed by atoms with Gasteiger partial charge in [0.2, 0.25) is 0 Å². The molecule has 0 aliphatic heterocycles. The summed E-state index contributed by atoms with van der Waals surface area (Å²) >= 11 is 6.09. The second kappa shape index (κ2) is 9.72. The largest absolute Gasteiger partial charge is 0.462 e. The number of aromatic nitrogens is 2. The van der Waals surface area contributed by atoms with Gasteiger partial charge in [-0.1, -0.05) is 23.7 Å². The minimum Gasteiger partial charge on any atom is -0.462 e. The zero-order valence-corrected chi connectivity index (χ0v) is 17.0. The van der Waals surface area contributed by atoms with Crippen molar-refractivity contribution in [2.45, 2.75) is 19.9 Å². The van der Waals surface area contributed by atoms with Gasteiger partial charge in [-0.2, -0.15) is 10.4 Å². The molecule has 1 heterocycles. The van der Waals surface area contributed by atoms with Crippen LogP contribution in [0.1, 0.15) is 34.1 Å². The summed E-state index contributed by atoms with van der Waals surface area (Å²) in [7, 11) is 0. The second-order valence-corrected chi connectivity index (χ2v) is 6.76. The number of aryl methyl sites for hydroxylation is 1. The molecule has 1 N–H and O–H groups in total. The van der Waals surface area contributed by atoms with Gasteiger partial charge >= 0.3 is 5.97 Å². The van der Waals surface area contributed by atoms with E-state index in [9.17, 15) is 9.59 Å². The molecule has 0 fully saturated rings. The second-order valence-electron chi connectivity index (χ2n) is 6.32. The Kier molecular flexibility index (Phi) is 6.83. The summed E-state index contributed by atoms with van der Waals surface area (Å²) in [5, 5.41) is 16.6. The molecule has 0 saturated carbocycles. The minimum absolute atomic E-state index is 0.271. The van der Waals surface area contributed by atoms with Gasteiger partial charge in [-0.05, 0) is 43.3 Å². The van der Waals surface area contributed by atoms with Gasteiger partial charge in [-0.3, -0.25) is 9.48 Å². The van der Waals surface area contributed by atoms with Crippen LogP contribution in [0.5, 0.6) is 0 Å². The highest BCUT2D eigenvalue weighted by molar-refractivity contribution is 6.30. The molecule has 0 bridgehead atoms. The van der Waals surface area contributed by atoms with Crippen molar-refractivity contribution in [2.75, 3.05) is 11.9 Å². The van der Waals surface area contributed by atoms with E-state index < -0.39 is 5.97 Å². The zero-order valence-electron chi connectivity index (χ0n) is 16.3. The fourth-order valence-corrected chi connectivity index (χ4v) is 3.01. The van der Waals surface area contributed by atoms with Crippen molar-refractivity contribution in [3.63, 3.8) is 0 Å². The molecule has 3 aromatic rings. The lowest BCUT2D eigenvalue weighted by Crippen LogP contribution is -2.12. The van der Waals surface area contributed by atoms with Crippen molar-refractivity contribution in [1.29, 1.82) is 5.26 Å².